The highest BCUT2D eigenvalue weighted by atomic mass is 35.5. The molecule has 174 valence electrons. The largest absolute Gasteiger partial charge is 0.353 e. The number of carbonyl (C=O) groups excluding carboxylic acids is 1. The molecule has 1 aliphatic heterocycles. The molecule has 1 aliphatic rings. The number of anilines is 1. The summed E-state index contributed by atoms with van der Waals surface area (Å²) in [6.45, 7) is 5.52. The Balaban J connectivity index is 1.50. The standard InChI is InChI=1S/C24H28Cl2N6O/c1-16(2)21-13-22(30-24(29-21)31-10-8-27-15-31)32-9-4-3-5-18(32)12-23(33)28-14-17-6-7-19(25)20(26)11-17/h6-8,10-11,13,15-16,18H,3-5,9,12,14H2,1-2H3,(H,28,33). The maximum Gasteiger partial charge on any atom is 0.237 e. The molecule has 0 radical (unpaired) electrons. The minimum absolute atomic E-state index is 0.00550. The molecule has 3 aromatic rings. The smallest absolute Gasteiger partial charge is 0.237 e. The van der Waals surface area contributed by atoms with E-state index in [1.54, 1.807) is 24.7 Å². The molecule has 7 nitrogen and oxygen atoms in total. The monoisotopic (exact) mass is 486 g/mol. The number of rotatable bonds is 7. The number of imidazole rings is 1. The van der Waals surface area contributed by atoms with Crippen LogP contribution in [-0.4, -0.2) is 38.0 Å². The molecule has 3 heterocycles. The first-order valence-corrected chi connectivity index (χ1v) is 12.0. The van der Waals surface area contributed by atoms with Crippen molar-refractivity contribution in [2.24, 2.45) is 0 Å². The first-order chi connectivity index (χ1) is 15.9. The summed E-state index contributed by atoms with van der Waals surface area (Å²) in [5, 5.41) is 4.01. The Labute approximate surface area is 204 Å². The van der Waals surface area contributed by atoms with Crippen LogP contribution in [0.1, 0.15) is 56.7 Å². The van der Waals surface area contributed by atoms with Crippen molar-refractivity contribution < 1.29 is 4.79 Å². The summed E-state index contributed by atoms with van der Waals surface area (Å²) >= 11 is 12.1. The maximum atomic E-state index is 12.8. The van der Waals surface area contributed by atoms with Crippen LogP contribution in [-0.2, 0) is 11.3 Å². The molecule has 9 heteroatoms. The topological polar surface area (TPSA) is 75.9 Å². The molecule has 1 atom stereocenters. The number of halogens is 2. The summed E-state index contributed by atoms with van der Waals surface area (Å²) in [4.78, 5) is 28.7. The fraction of sp³-hybridized carbons (Fsp3) is 0.417. The lowest BCUT2D eigenvalue weighted by atomic mass is 9.98. The molecule has 1 amide bonds. The van der Waals surface area contributed by atoms with Gasteiger partial charge in [0.2, 0.25) is 11.9 Å². The molecular weight excluding hydrogens is 459 g/mol. The number of aromatic nitrogens is 4. The highest BCUT2D eigenvalue weighted by Crippen LogP contribution is 2.28. The maximum absolute atomic E-state index is 12.8. The molecule has 1 fully saturated rings. The van der Waals surface area contributed by atoms with Crippen molar-refractivity contribution >= 4 is 34.9 Å². The van der Waals surface area contributed by atoms with Crippen molar-refractivity contribution in [2.75, 3.05) is 11.4 Å². The van der Waals surface area contributed by atoms with Gasteiger partial charge in [0.25, 0.3) is 0 Å². The van der Waals surface area contributed by atoms with Gasteiger partial charge in [0, 0.05) is 44.0 Å². The lowest BCUT2D eigenvalue weighted by molar-refractivity contribution is -0.121. The van der Waals surface area contributed by atoms with Gasteiger partial charge in [-0.25, -0.2) is 9.97 Å². The van der Waals surface area contributed by atoms with E-state index < -0.39 is 0 Å². The third-order valence-corrected chi connectivity index (χ3v) is 6.60. The van der Waals surface area contributed by atoms with Gasteiger partial charge in [0.15, 0.2) is 0 Å². The Hall–Kier alpha value is -2.64. The van der Waals surface area contributed by atoms with E-state index in [1.165, 1.54) is 0 Å². The Morgan fingerprint density at radius 2 is 2.03 bits per heavy atom. The van der Waals surface area contributed by atoms with Crippen molar-refractivity contribution in [1.29, 1.82) is 0 Å². The van der Waals surface area contributed by atoms with Gasteiger partial charge >= 0.3 is 0 Å². The van der Waals surface area contributed by atoms with Crippen molar-refractivity contribution in [1.82, 2.24) is 24.8 Å². The molecule has 0 saturated carbocycles. The van der Waals surface area contributed by atoms with Gasteiger partial charge in [-0.3, -0.25) is 9.36 Å². The molecule has 1 aromatic carbocycles. The van der Waals surface area contributed by atoms with Crippen LogP contribution in [0.4, 0.5) is 5.82 Å². The van der Waals surface area contributed by atoms with E-state index in [4.69, 9.17) is 33.2 Å². The lowest BCUT2D eigenvalue weighted by Gasteiger charge is -2.36. The Morgan fingerprint density at radius 3 is 2.76 bits per heavy atom. The quantitative estimate of drug-likeness (QED) is 0.499. The third-order valence-electron chi connectivity index (χ3n) is 5.86. The second-order valence-corrected chi connectivity index (χ2v) is 9.46. The predicted octanol–water partition coefficient (Wildman–Crippen LogP) is 5.16. The van der Waals surface area contributed by atoms with Crippen molar-refractivity contribution in [3.63, 3.8) is 0 Å². The number of hydrogen-bond donors (Lipinski definition) is 1. The van der Waals surface area contributed by atoms with E-state index in [1.807, 2.05) is 16.8 Å². The summed E-state index contributed by atoms with van der Waals surface area (Å²) in [5.41, 5.74) is 1.89. The third kappa shape index (κ3) is 5.84. The molecule has 1 saturated heterocycles. The highest BCUT2D eigenvalue weighted by Gasteiger charge is 2.27. The zero-order chi connectivity index (χ0) is 23.4. The summed E-state index contributed by atoms with van der Waals surface area (Å²) < 4.78 is 1.82. The molecule has 0 aliphatic carbocycles. The SMILES string of the molecule is CC(C)c1cc(N2CCCCC2CC(=O)NCc2ccc(Cl)c(Cl)c2)nc(-n2ccnc2)n1. The zero-order valence-corrected chi connectivity index (χ0v) is 20.4. The number of nitrogens with zero attached hydrogens (tertiary/aromatic N) is 5. The fourth-order valence-electron chi connectivity index (χ4n) is 4.03. The van der Waals surface area contributed by atoms with E-state index >= 15 is 0 Å². The summed E-state index contributed by atoms with van der Waals surface area (Å²) in [7, 11) is 0. The molecule has 0 bridgehead atoms. The number of hydrogen-bond acceptors (Lipinski definition) is 5. The van der Waals surface area contributed by atoms with E-state index in [0.717, 1.165) is 42.9 Å². The first kappa shape index (κ1) is 23.5. The zero-order valence-electron chi connectivity index (χ0n) is 18.8. The minimum Gasteiger partial charge on any atom is -0.353 e. The average Bonchev–Trinajstić information content (AvgIpc) is 3.35. The van der Waals surface area contributed by atoms with Crippen molar-refractivity contribution in [3.05, 3.63) is 64.3 Å². The van der Waals surface area contributed by atoms with E-state index in [-0.39, 0.29) is 17.9 Å². The van der Waals surface area contributed by atoms with E-state index in [9.17, 15) is 4.79 Å². The van der Waals surface area contributed by atoms with Gasteiger partial charge in [0.05, 0.1) is 15.7 Å². The average molecular weight is 487 g/mol. The predicted molar refractivity (Wildman–Crippen MR) is 131 cm³/mol. The van der Waals surface area contributed by atoms with Crippen LogP contribution in [0.3, 0.4) is 0 Å². The molecule has 33 heavy (non-hydrogen) atoms. The van der Waals surface area contributed by atoms with Gasteiger partial charge < -0.3 is 10.2 Å². The van der Waals surface area contributed by atoms with Crippen LogP contribution in [0.15, 0.2) is 43.0 Å². The molecule has 4 rings (SSSR count). The van der Waals surface area contributed by atoms with Gasteiger partial charge in [-0.15, -0.1) is 0 Å². The lowest BCUT2D eigenvalue weighted by Crippen LogP contribution is -2.43. The second-order valence-electron chi connectivity index (χ2n) is 8.65. The van der Waals surface area contributed by atoms with Crippen LogP contribution >= 0.6 is 23.2 Å². The van der Waals surface area contributed by atoms with Crippen LogP contribution in [0, 0.1) is 0 Å². The summed E-state index contributed by atoms with van der Waals surface area (Å²) in [6.07, 6.45) is 8.78. The summed E-state index contributed by atoms with van der Waals surface area (Å²) in [6, 6.07) is 7.53. The van der Waals surface area contributed by atoms with Crippen LogP contribution < -0.4 is 10.2 Å². The normalized spacial score (nSPS) is 16.3. The number of piperidine rings is 1. The van der Waals surface area contributed by atoms with Crippen LogP contribution in [0.2, 0.25) is 10.0 Å². The van der Waals surface area contributed by atoms with Crippen LogP contribution in [0.5, 0.6) is 0 Å². The Kier molecular flexibility index (Phi) is 7.50. The number of benzene rings is 1. The molecular formula is C24H28Cl2N6O. The molecule has 1 N–H and O–H groups in total. The van der Waals surface area contributed by atoms with E-state index in [0.29, 0.717) is 29.0 Å². The fourth-order valence-corrected chi connectivity index (χ4v) is 4.35. The van der Waals surface area contributed by atoms with Gasteiger partial charge in [-0.1, -0.05) is 43.1 Å². The molecule has 1 unspecified atom stereocenters. The molecule has 2 aromatic heterocycles. The van der Waals surface area contributed by atoms with Crippen LogP contribution in [0.25, 0.3) is 5.95 Å². The van der Waals surface area contributed by atoms with Crippen molar-refractivity contribution in [2.45, 2.75) is 58.0 Å². The minimum atomic E-state index is 0.00550. The van der Waals surface area contributed by atoms with Gasteiger partial charge in [-0.2, -0.15) is 4.98 Å². The highest BCUT2D eigenvalue weighted by molar-refractivity contribution is 6.42. The molecule has 0 spiro atoms. The van der Waals surface area contributed by atoms with Crippen molar-refractivity contribution in [3.8, 4) is 5.95 Å². The Morgan fingerprint density at radius 1 is 1.18 bits per heavy atom. The first-order valence-electron chi connectivity index (χ1n) is 11.3. The second kappa shape index (κ2) is 10.5. The van der Waals surface area contributed by atoms with Gasteiger partial charge in [0.1, 0.15) is 12.1 Å². The van der Waals surface area contributed by atoms with E-state index in [2.05, 4.69) is 35.1 Å². The number of carbonyl (C=O) groups is 1. The Bertz CT molecular complexity index is 1100. The summed E-state index contributed by atoms with van der Waals surface area (Å²) in [5.74, 6) is 1.72. The van der Waals surface area contributed by atoms with Gasteiger partial charge in [-0.05, 0) is 42.9 Å². The number of amides is 1. The number of nitrogens with one attached hydrogen (secondary N) is 1.